The van der Waals surface area contributed by atoms with Crippen molar-refractivity contribution in [2.75, 3.05) is 13.2 Å². The van der Waals surface area contributed by atoms with Gasteiger partial charge in [0.25, 0.3) is 0 Å². The smallest absolute Gasteiger partial charge is 0.320 e. The zero-order valence-electron chi connectivity index (χ0n) is 11.7. The van der Waals surface area contributed by atoms with E-state index < -0.39 is 17.9 Å². The molecule has 0 radical (unpaired) electrons. The number of esters is 2. The van der Waals surface area contributed by atoms with Crippen molar-refractivity contribution in [2.45, 2.75) is 34.1 Å². The summed E-state index contributed by atoms with van der Waals surface area (Å²) in [6.07, 6.45) is 0.233. The molecular weight excluding hydrogens is 266 g/mol. The predicted octanol–water partition coefficient (Wildman–Crippen LogP) is 2.04. The number of aromatic nitrogens is 1. The molecule has 0 saturated heterocycles. The third-order valence-electron chi connectivity index (χ3n) is 2.59. The SMILES string of the molecule is CCOC(=O)C(Cc1nc(C)c(C)s1)C(=O)OCC. The standard InChI is InChI=1S/C13H19NO4S/c1-5-17-12(15)10(13(16)18-6-2)7-11-14-8(3)9(4)19-11/h10H,5-7H2,1-4H3. The first-order valence-electron chi connectivity index (χ1n) is 6.25. The number of nitrogens with zero attached hydrogens (tertiary/aromatic N) is 1. The Morgan fingerprint density at radius 3 is 2.05 bits per heavy atom. The maximum Gasteiger partial charge on any atom is 0.320 e. The van der Waals surface area contributed by atoms with Crippen LogP contribution in [0.1, 0.15) is 29.4 Å². The predicted molar refractivity (Wildman–Crippen MR) is 72.0 cm³/mol. The van der Waals surface area contributed by atoms with Gasteiger partial charge >= 0.3 is 11.9 Å². The van der Waals surface area contributed by atoms with Crippen molar-refractivity contribution in [1.29, 1.82) is 0 Å². The summed E-state index contributed by atoms with van der Waals surface area (Å²) < 4.78 is 9.84. The van der Waals surface area contributed by atoms with Gasteiger partial charge in [-0.1, -0.05) is 0 Å². The number of carbonyl (C=O) groups excluding carboxylic acids is 2. The van der Waals surface area contributed by atoms with Crippen molar-refractivity contribution >= 4 is 23.3 Å². The molecule has 0 amide bonds. The van der Waals surface area contributed by atoms with E-state index in [0.29, 0.717) is 0 Å². The van der Waals surface area contributed by atoms with E-state index in [-0.39, 0.29) is 19.6 Å². The van der Waals surface area contributed by atoms with Crippen LogP contribution in [0.5, 0.6) is 0 Å². The van der Waals surface area contributed by atoms with Crippen LogP contribution in [0.15, 0.2) is 0 Å². The van der Waals surface area contributed by atoms with Crippen molar-refractivity contribution in [1.82, 2.24) is 4.98 Å². The van der Waals surface area contributed by atoms with Gasteiger partial charge in [-0.25, -0.2) is 4.98 Å². The summed E-state index contributed by atoms with van der Waals surface area (Å²) in [4.78, 5) is 29.0. The minimum Gasteiger partial charge on any atom is -0.465 e. The normalized spacial score (nSPS) is 10.6. The van der Waals surface area contributed by atoms with Gasteiger partial charge in [0.2, 0.25) is 0 Å². The fourth-order valence-corrected chi connectivity index (χ4v) is 2.53. The number of hydrogen-bond donors (Lipinski definition) is 0. The van der Waals surface area contributed by atoms with Gasteiger partial charge in [-0.05, 0) is 27.7 Å². The lowest BCUT2D eigenvalue weighted by Gasteiger charge is -2.12. The van der Waals surface area contributed by atoms with Crippen LogP contribution in [-0.2, 0) is 25.5 Å². The minimum absolute atomic E-state index is 0.233. The van der Waals surface area contributed by atoms with Crippen LogP contribution >= 0.6 is 11.3 Å². The Balaban J connectivity index is 2.84. The molecule has 1 heterocycles. The first-order valence-corrected chi connectivity index (χ1v) is 7.07. The van der Waals surface area contributed by atoms with E-state index in [9.17, 15) is 9.59 Å². The molecular formula is C13H19NO4S. The lowest BCUT2D eigenvalue weighted by Crippen LogP contribution is -2.30. The Hall–Kier alpha value is -1.43. The van der Waals surface area contributed by atoms with Crippen LogP contribution in [0.25, 0.3) is 0 Å². The monoisotopic (exact) mass is 285 g/mol. The molecule has 0 bridgehead atoms. The van der Waals surface area contributed by atoms with Crippen molar-refractivity contribution < 1.29 is 19.1 Å². The van der Waals surface area contributed by atoms with Crippen molar-refractivity contribution in [3.63, 3.8) is 0 Å². The van der Waals surface area contributed by atoms with Gasteiger partial charge in [-0.2, -0.15) is 0 Å². The number of ether oxygens (including phenoxy) is 2. The molecule has 6 heteroatoms. The second kappa shape index (κ2) is 7.23. The summed E-state index contributed by atoms with van der Waals surface area (Å²) in [7, 11) is 0. The molecule has 0 saturated carbocycles. The Labute approximate surface area is 116 Å². The second-order valence-corrected chi connectivity index (χ2v) is 5.30. The van der Waals surface area contributed by atoms with E-state index >= 15 is 0 Å². The zero-order valence-corrected chi connectivity index (χ0v) is 12.5. The van der Waals surface area contributed by atoms with Gasteiger partial charge in [-0.3, -0.25) is 9.59 Å². The van der Waals surface area contributed by atoms with E-state index in [0.717, 1.165) is 15.6 Å². The molecule has 0 aliphatic carbocycles. The topological polar surface area (TPSA) is 65.5 Å². The number of rotatable bonds is 6. The van der Waals surface area contributed by atoms with Gasteiger partial charge in [0, 0.05) is 11.3 Å². The van der Waals surface area contributed by atoms with E-state index in [1.165, 1.54) is 11.3 Å². The lowest BCUT2D eigenvalue weighted by atomic mass is 10.1. The average Bonchev–Trinajstić information content (AvgIpc) is 2.66. The van der Waals surface area contributed by atoms with Crippen LogP contribution in [0.4, 0.5) is 0 Å². The summed E-state index contributed by atoms with van der Waals surface area (Å²) in [5.41, 5.74) is 0.923. The summed E-state index contributed by atoms with van der Waals surface area (Å²) in [5, 5.41) is 0.751. The first-order chi connectivity index (χ1) is 8.99. The van der Waals surface area contributed by atoms with Crippen LogP contribution in [0, 0.1) is 19.8 Å². The fraction of sp³-hybridized carbons (Fsp3) is 0.615. The highest BCUT2D eigenvalue weighted by atomic mass is 32.1. The molecule has 1 rings (SSSR count). The minimum atomic E-state index is -0.926. The van der Waals surface area contributed by atoms with Crippen LogP contribution in [0.3, 0.4) is 0 Å². The van der Waals surface area contributed by atoms with Gasteiger partial charge < -0.3 is 9.47 Å². The maximum absolute atomic E-state index is 11.8. The van der Waals surface area contributed by atoms with Crippen LogP contribution < -0.4 is 0 Å². The third-order valence-corrected chi connectivity index (χ3v) is 3.69. The van der Waals surface area contributed by atoms with E-state index in [1.54, 1.807) is 13.8 Å². The molecule has 1 aromatic heterocycles. The molecule has 19 heavy (non-hydrogen) atoms. The highest BCUT2D eigenvalue weighted by molar-refractivity contribution is 7.11. The molecule has 0 aliphatic rings. The number of thiazole rings is 1. The summed E-state index contributed by atoms with van der Waals surface area (Å²) in [5.74, 6) is -2.03. The Kier molecular flexibility index (Phi) is 5.95. The Morgan fingerprint density at radius 1 is 1.16 bits per heavy atom. The molecule has 0 N–H and O–H groups in total. The largest absolute Gasteiger partial charge is 0.465 e. The number of aryl methyl sites for hydroxylation is 2. The van der Waals surface area contributed by atoms with Crippen molar-refractivity contribution in [3.05, 3.63) is 15.6 Å². The van der Waals surface area contributed by atoms with E-state index in [1.807, 2.05) is 13.8 Å². The summed E-state index contributed by atoms with van der Waals surface area (Å²) in [6.45, 7) is 7.75. The maximum atomic E-state index is 11.8. The summed E-state index contributed by atoms with van der Waals surface area (Å²) in [6, 6.07) is 0. The Morgan fingerprint density at radius 2 is 1.68 bits per heavy atom. The molecule has 0 unspecified atom stereocenters. The van der Waals surface area contributed by atoms with Crippen molar-refractivity contribution in [2.24, 2.45) is 5.92 Å². The third kappa shape index (κ3) is 4.31. The average molecular weight is 285 g/mol. The molecule has 1 aromatic rings. The van der Waals surface area contributed by atoms with Crippen LogP contribution in [-0.4, -0.2) is 30.1 Å². The highest BCUT2D eigenvalue weighted by Crippen LogP contribution is 2.21. The van der Waals surface area contributed by atoms with Crippen LogP contribution in [0.2, 0.25) is 0 Å². The van der Waals surface area contributed by atoms with E-state index in [4.69, 9.17) is 9.47 Å². The van der Waals surface area contributed by atoms with Gasteiger partial charge in [0.15, 0.2) is 5.92 Å². The van der Waals surface area contributed by atoms with Gasteiger partial charge in [-0.15, -0.1) is 11.3 Å². The number of carbonyl (C=O) groups is 2. The summed E-state index contributed by atoms with van der Waals surface area (Å²) >= 11 is 1.49. The lowest BCUT2D eigenvalue weighted by molar-refractivity contribution is -0.161. The quantitative estimate of drug-likeness (QED) is 0.591. The molecule has 0 spiro atoms. The first kappa shape index (κ1) is 15.6. The molecule has 0 aliphatic heterocycles. The molecule has 5 nitrogen and oxygen atoms in total. The second-order valence-electron chi connectivity index (χ2n) is 4.01. The fourth-order valence-electron chi connectivity index (χ4n) is 1.55. The molecule has 0 atom stereocenters. The highest BCUT2D eigenvalue weighted by Gasteiger charge is 2.30. The van der Waals surface area contributed by atoms with E-state index in [2.05, 4.69) is 4.98 Å². The van der Waals surface area contributed by atoms with Gasteiger partial charge in [0.05, 0.1) is 23.9 Å². The number of hydrogen-bond acceptors (Lipinski definition) is 6. The zero-order chi connectivity index (χ0) is 14.4. The van der Waals surface area contributed by atoms with Gasteiger partial charge in [0.1, 0.15) is 0 Å². The molecule has 106 valence electrons. The molecule has 0 fully saturated rings. The molecule has 0 aromatic carbocycles. The Bertz CT molecular complexity index is 418. The van der Waals surface area contributed by atoms with Crippen molar-refractivity contribution in [3.8, 4) is 0 Å².